The predicted octanol–water partition coefficient (Wildman–Crippen LogP) is 6.48. The second-order valence-electron chi connectivity index (χ2n) is 12.6. The van der Waals surface area contributed by atoms with E-state index in [1.165, 1.54) is 54.4 Å². The van der Waals surface area contributed by atoms with Crippen LogP contribution in [-0.2, 0) is 16.8 Å². The van der Waals surface area contributed by atoms with Gasteiger partial charge in [0, 0.05) is 37.8 Å². The zero-order valence-electron chi connectivity index (χ0n) is 29.8. The van der Waals surface area contributed by atoms with Crippen molar-refractivity contribution in [2.75, 3.05) is 41.3 Å². The Kier molecular flexibility index (Phi) is 17.4. The summed E-state index contributed by atoms with van der Waals surface area (Å²) in [7, 11) is 7.80. The van der Waals surface area contributed by atoms with Gasteiger partial charge >= 0.3 is 0 Å². The number of allylic oxidation sites excluding steroid dienone is 1. The molecule has 1 aliphatic heterocycles. The number of ether oxygens (including phenoxy) is 1. The normalized spacial score (nSPS) is 15.0. The van der Waals surface area contributed by atoms with Crippen LogP contribution in [-0.4, -0.2) is 73.8 Å². The maximum absolute atomic E-state index is 11.7. The third kappa shape index (κ3) is 11.9. The highest BCUT2D eigenvalue weighted by molar-refractivity contribution is 5.87. The molecule has 3 N–H and O–H groups in total. The highest BCUT2D eigenvalue weighted by atomic mass is 16.5. The molecule has 0 bridgehead atoms. The minimum Gasteiger partial charge on any atom is -0.497 e. The Morgan fingerprint density at radius 2 is 1.83 bits per heavy atom. The molecule has 2 aliphatic rings. The molecule has 0 spiro atoms. The number of methoxy groups -OCH3 is 1. The topological polar surface area (TPSA) is 101 Å². The van der Waals surface area contributed by atoms with Gasteiger partial charge in [-0.1, -0.05) is 70.7 Å². The summed E-state index contributed by atoms with van der Waals surface area (Å²) in [5.41, 5.74) is 6.87. The molecule has 0 radical (unpaired) electrons. The number of nitrogens with zero attached hydrogens (tertiary/aromatic N) is 3. The van der Waals surface area contributed by atoms with Crippen molar-refractivity contribution in [2.24, 2.45) is 0 Å². The average molecular weight is 634 g/mol. The second kappa shape index (κ2) is 19.8. The van der Waals surface area contributed by atoms with Crippen LogP contribution in [0.5, 0.6) is 5.75 Å². The second-order valence-corrected chi connectivity index (χ2v) is 12.6. The van der Waals surface area contributed by atoms with E-state index in [1.54, 1.807) is 26.7 Å². The Morgan fingerprint density at radius 1 is 1.20 bits per heavy atom. The Labute approximate surface area is 279 Å². The maximum atomic E-state index is 11.7. The van der Waals surface area contributed by atoms with Crippen LogP contribution in [0.15, 0.2) is 66.9 Å². The van der Waals surface area contributed by atoms with E-state index in [4.69, 9.17) is 10.00 Å². The van der Waals surface area contributed by atoms with Crippen molar-refractivity contribution in [3.8, 4) is 12.3 Å². The first-order chi connectivity index (χ1) is 21.9. The highest BCUT2D eigenvalue weighted by Crippen LogP contribution is 2.43. The quantitative estimate of drug-likeness (QED) is 0.246. The summed E-state index contributed by atoms with van der Waals surface area (Å²) in [5.74, 6) is 0.807. The van der Waals surface area contributed by atoms with Gasteiger partial charge in [-0.3, -0.25) is 4.79 Å². The summed E-state index contributed by atoms with van der Waals surface area (Å²) < 4.78 is 5.28. The number of carbonyl (C=O) groups excluding carboxylic acids is 1. The molecule has 46 heavy (non-hydrogen) atoms. The van der Waals surface area contributed by atoms with E-state index in [9.17, 15) is 9.90 Å². The molecule has 2 unspecified atom stereocenters. The van der Waals surface area contributed by atoms with Gasteiger partial charge in [0.15, 0.2) is 0 Å². The molecule has 254 valence electrons. The van der Waals surface area contributed by atoms with Gasteiger partial charge in [0.05, 0.1) is 13.2 Å². The molecule has 4 rings (SSSR count). The van der Waals surface area contributed by atoms with Crippen molar-refractivity contribution in [3.63, 3.8) is 0 Å². The van der Waals surface area contributed by atoms with Gasteiger partial charge in [-0.05, 0) is 100 Å². The third-order valence-electron chi connectivity index (χ3n) is 8.80. The Balaban J connectivity index is 0.000000336. The molecule has 8 nitrogen and oxygen atoms in total. The Bertz CT molecular complexity index is 1260. The summed E-state index contributed by atoms with van der Waals surface area (Å²) in [5, 5.41) is 21.3. The molecular formula is C38H59N5O3. The molecule has 2 aromatic carbocycles. The monoisotopic (exact) mass is 633 g/mol. The number of hydrogen-bond donors (Lipinski definition) is 3. The number of aliphatic hydroxyl groups excluding tert-OH is 1. The van der Waals surface area contributed by atoms with E-state index in [0.29, 0.717) is 12.8 Å². The van der Waals surface area contributed by atoms with Gasteiger partial charge in [0.1, 0.15) is 11.3 Å². The lowest BCUT2D eigenvalue weighted by Gasteiger charge is -2.31. The number of nitrogens with one attached hydrogen (secondary N) is 2. The van der Waals surface area contributed by atoms with Crippen molar-refractivity contribution in [1.82, 2.24) is 20.4 Å². The fourth-order valence-electron chi connectivity index (χ4n) is 5.53. The number of carbonyl (C=O) groups is 1. The first kappa shape index (κ1) is 40.4. The van der Waals surface area contributed by atoms with E-state index in [2.05, 4.69) is 111 Å². The number of aliphatic hydroxyl groups is 1. The Morgan fingerprint density at radius 3 is 2.30 bits per heavy atom. The molecule has 0 saturated heterocycles. The summed E-state index contributed by atoms with van der Waals surface area (Å²) >= 11 is 0. The van der Waals surface area contributed by atoms with E-state index in [1.807, 2.05) is 13.0 Å². The molecule has 2 atom stereocenters. The molecular weight excluding hydrogens is 574 g/mol. The first-order valence-corrected chi connectivity index (χ1v) is 16.3. The number of amides is 1. The van der Waals surface area contributed by atoms with Crippen molar-refractivity contribution in [2.45, 2.75) is 90.3 Å². The van der Waals surface area contributed by atoms with E-state index >= 15 is 0 Å². The number of hydrogen-bond acceptors (Lipinski definition) is 7. The van der Waals surface area contributed by atoms with Crippen LogP contribution < -0.4 is 15.4 Å². The fraction of sp³-hybridized carbons (Fsp3) is 0.526. The van der Waals surface area contributed by atoms with Gasteiger partial charge in [0.25, 0.3) is 0 Å². The third-order valence-corrected chi connectivity index (χ3v) is 8.80. The summed E-state index contributed by atoms with van der Waals surface area (Å²) in [6, 6.07) is 17.2. The van der Waals surface area contributed by atoms with Crippen LogP contribution in [0.1, 0.15) is 83.4 Å². The summed E-state index contributed by atoms with van der Waals surface area (Å²) in [6.07, 6.45) is 5.60. The average Bonchev–Trinajstić information content (AvgIpc) is 3.85. The number of likely N-dealkylation sites (N-methyl/N-ethyl adjacent to an activating group) is 1. The van der Waals surface area contributed by atoms with Gasteiger partial charge < -0.3 is 30.3 Å². The van der Waals surface area contributed by atoms with Crippen LogP contribution in [0.25, 0.3) is 5.70 Å². The maximum Gasteiger partial charge on any atom is 0.244 e. The molecule has 1 amide bonds. The zero-order chi connectivity index (χ0) is 34.9. The van der Waals surface area contributed by atoms with Gasteiger partial charge in [-0.2, -0.15) is 0 Å². The predicted molar refractivity (Wildman–Crippen MR) is 191 cm³/mol. The molecule has 2 aromatic rings. The number of nitriles is 1. The largest absolute Gasteiger partial charge is 0.497 e. The van der Waals surface area contributed by atoms with Crippen molar-refractivity contribution < 1.29 is 14.6 Å². The van der Waals surface area contributed by atoms with Crippen LogP contribution in [0.2, 0.25) is 0 Å². The number of fused-ring (bicyclic) bond motifs is 1. The van der Waals surface area contributed by atoms with E-state index in [-0.39, 0.29) is 11.3 Å². The van der Waals surface area contributed by atoms with Gasteiger partial charge in [-0.25, -0.2) is 5.26 Å². The van der Waals surface area contributed by atoms with Crippen molar-refractivity contribution in [1.29, 1.82) is 5.26 Å². The van der Waals surface area contributed by atoms with Crippen LogP contribution in [0.3, 0.4) is 0 Å². The molecule has 1 aliphatic carbocycles. The zero-order valence-corrected chi connectivity index (χ0v) is 29.8. The number of rotatable bonds is 12. The molecule has 1 heterocycles. The summed E-state index contributed by atoms with van der Waals surface area (Å²) in [6.45, 7) is 20.7. The first-order valence-electron chi connectivity index (χ1n) is 16.3. The highest BCUT2D eigenvalue weighted by Gasteiger charge is 2.35. The molecule has 8 heteroatoms. The summed E-state index contributed by atoms with van der Waals surface area (Å²) in [4.78, 5) is 16.4. The van der Waals surface area contributed by atoms with E-state index in [0.717, 1.165) is 18.8 Å². The van der Waals surface area contributed by atoms with Gasteiger partial charge in [-0.15, -0.1) is 0 Å². The minimum atomic E-state index is -0.706. The van der Waals surface area contributed by atoms with Crippen LogP contribution in [0.4, 0.5) is 0 Å². The Hall–Kier alpha value is -3.64. The lowest BCUT2D eigenvalue weighted by molar-refractivity contribution is -0.128. The SMILES string of the molecule is C#N.C=CNC(=O)C(CC)(CC(C)O)NC.CCN(C)CCC(C)(C)c1ccccc1.COc1ccc2c(c1)C(=C1CC1)N(C)C2. The molecule has 1 saturated carbocycles. The van der Waals surface area contributed by atoms with Gasteiger partial charge in [0.2, 0.25) is 5.91 Å². The molecule has 0 aromatic heterocycles. The van der Waals surface area contributed by atoms with E-state index < -0.39 is 11.6 Å². The lowest BCUT2D eigenvalue weighted by atomic mass is 9.81. The van der Waals surface area contributed by atoms with Crippen molar-refractivity contribution >= 4 is 11.6 Å². The van der Waals surface area contributed by atoms with Crippen LogP contribution in [0, 0.1) is 11.8 Å². The molecule has 1 fully saturated rings. The van der Waals surface area contributed by atoms with Crippen molar-refractivity contribution in [3.05, 3.63) is 83.6 Å². The number of benzene rings is 2. The standard InChI is InChI=1S/C14H23N.C13H15NO.C10H20N2O2.CHN/c1-5-15(4)12-11-14(2,3)13-9-7-6-8-10-13;1-14-8-10-5-6-11(15-2)7-12(10)13(14)9-3-4-9;1-5-10(11-4,7-8(3)13)9(14)12-6-2;1-2/h6-10H,5,11-12H2,1-4H3;5-7H,3-4,8H2,1-2H3;6,8,11,13H,2,5,7H2,1,3-4H3,(H,12,14);1H. The smallest absolute Gasteiger partial charge is 0.244 e. The van der Waals surface area contributed by atoms with Crippen LogP contribution >= 0.6 is 0 Å². The fourth-order valence-corrected chi connectivity index (χ4v) is 5.53. The lowest BCUT2D eigenvalue weighted by Crippen LogP contribution is -2.55. The minimum absolute atomic E-state index is 0.154.